The van der Waals surface area contributed by atoms with Gasteiger partial charge in [-0.2, -0.15) is 9.29 Å². The van der Waals surface area contributed by atoms with Gasteiger partial charge in [0, 0.05) is 30.7 Å². The van der Waals surface area contributed by atoms with Gasteiger partial charge in [-0.25, -0.2) is 8.42 Å². The Morgan fingerprint density at radius 2 is 1.88 bits per heavy atom. The van der Waals surface area contributed by atoms with E-state index in [9.17, 15) is 13.2 Å². The first-order valence-electron chi connectivity index (χ1n) is 10.6. The first kappa shape index (κ1) is 23.4. The van der Waals surface area contributed by atoms with Crippen LogP contribution in [0.5, 0.6) is 0 Å². The Morgan fingerprint density at radius 1 is 1.18 bits per heavy atom. The van der Waals surface area contributed by atoms with Gasteiger partial charge < -0.3 is 9.42 Å². The lowest BCUT2D eigenvalue weighted by atomic mass is 9.98. The van der Waals surface area contributed by atoms with Crippen molar-refractivity contribution >= 4 is 27.5 Å². The number of hydrogen-bond donors (Lipinski definition) is 0. The summed E-state index contributed by atoms with van der Waals surface area (Å²) in [6.45, 7) is 2.60. The molecule has 4 rings (SSSR count). The van der Waals surface area contributed by atoms with Crippen LogP contribution in [0.4, 0.5) is 0 Å². The SMILES string of the molecule is Cc1ccc(S(=O)(=O)N2CCC[C@@H](C(=O)N(C)Cc3nc(-c4ccc(Cl)cc4)no3)C2)cc1. The largest absolute Gasteiger partial charge is 0.337 e. The predicted octanol–water partition coefficient (Wildman–Crippen LogP) is 3.76. The van der Waals surface area contributed by atoms with Crippen LogP contribution in [0.15, 0.2) is 57.9 Å². The number of halogens is 1. The molecule has 1 fully saturated rings. The molecule has 33 heavy (non-hydrogen) atoms. The first-order chi connectivity index (χ1) is 15.7. The van der Waals surface area contributed by atoms with Crippen molar-refractivity contribution < 1.29 is 17.7 Å². The number of aromatic nitrogens is 2. The number of nitrogens with zero attached hydrogens (tertiary/aromatic N) is 4. The van der Waals surface area contributed by atoms with Gasteiger partial charge >= 0.3 is 0 Å². The summed E-state index contributed by atoms with van der Waals surface area (Å²) in [6, 6.07) is 13.8. The van der Waals surface area contributed by atoms with Crippen LogP contribution in [0.1, 0.15) is 24.3 Å². The van der Waals surface area contributed by atoms with Gasteiger partial charge in [0.1, 0.15) is 0 Å². The topological polar surface area (TPSA) is 96.6 Å². The number of piperidine rings is 1. The van der Waals surface area contributed by atoms with Crippen molar-refractivity contribution in [1.29, 1.82) is 0 Å². The van der Waals surface area contributed by atoms with Gasteiger partial charge in [0.05, 0.1) is 17.4 Å². The van der Waals surface area contributed by atoms with Crippen LogP contribution < -0.4 is 0 Å². The Balaban J connectivity index is 1.41. The van der Waals surface area contributed by atoms with Gasteiger partial charge in [-0.05, 0) is 56.2 Å². The van der Waals surface area contributed by atoms with E-state index in [4.69, 9.17) is 16.1 Å². The zero-order chi connectivity index (χ0) is 23.6. The monoisotopic (exact) mass is 488 g/mol. The number of benzene rings is 2. The molecule has 0 bridgehead atoms. The predicted molar refractivity (Wildman–Crippen MR) is 124 cm³/mol. The standard InChI is InChI=1S/C23H25ClN4O4S/c1-16-5-11-20(12-6-16)33(30,31)28-13-3-4-18(14-28)23(29)27(2)15-21-25-22(26-32-21)17-7-9-19(24)10-8-17/h5-12,18H,3-4,13-15H2,1-2H3/t18-/m1/s1. The highest BCUT2D eigenvalue weighted by atomic mass is 35.5. The van der Waals surface area contributed by atoms with Crippen molar-refractivity contribution in [3.63, 3.8) is 0 Å². The van der Waals surface area contributed by atoms with E-state index in [-0.39, 0.29) is 23.9 Å². The number of rotatable bonds is 6. The summed E-state index contributed by atoms with van der Waals surface area (Å²) >= 11 is 5.91. The maximum absolute atomic E-state index is 13.1. The molecule has 174 valence electrons. The molecule has 2 aromatic carbocycles. The minimum absolute atomic E-state index is 0.140. The van der Waals surface area contributed by atoms with Crippen LogP contribution in [0.2, 0.25) is 5.02 Å². The second-order valence-corrected chi connectivity index (χ2v) is 10.6. The van der Waals surface area contributed by atoms with Gasteiger partial charge in [-0.1, -0.05) is 34.5 Å². The molecule has 1 amide bonds. The molecule has 0 radical (unpaired) electrons. The number of amides is 1. The maximum atomic E-state index is 13.1. The second kappa shape index (κ2) is 9.62. The van der Waals surface area contributed by atoms with Crippen LogP contribution >= 0.6 is 11.6 Å². The molecule has 0 aliphatic carbocycles. The smallest absolute Gasteiger partial charge is 0.246 e. The average Bonchev–Trinajstić information content (AvgIpc) is 3.27. The maximum Gasteiger partial charge on any atom is 0.246 e. The Labute approximate surface area is 198 Å². The number of carbonyl (C=O) groups is 1. The fourth-order valence-corrected chi connectivity index (χ4v) is 5.50. The van der Waals surface area contributed by atoms with E-state index < -0.39 is 15.9 Å². The van der Waals surface area contributed by atoms with Gasteiger partial charge in [0.2, 0.25) is 27.6 Å². The molecular weight excluding hydrogens is 464 g/mol. The highest BCUT2D eigenvalue weighted by molar-refractivity contribution is 7.89. The molecule has 1 aliphatic rings. The molecule has 0 unspecified atom stereocenters. The zero-order valence-corrected chi connectivity index (χ0v) is 20.0. The van der Waals surface area contributed by atoms with Gasteiger partial charge in [0.15, 0.2) is 0 Å². The van der Waals surface area contributed by atoms with Gasteiger partial charge in [-0.15, -0.1) is 0 Å². The third kappa shape index (κ3) is 5.26. The summed E-state index contributed by atoms with van der Waals surface area (Å²) in [6.07, 6.45) is 1.25. The van der Waals surface area contributed by atoms with E-state index in [0.29, 0.717) is 36.1 Å². The van der Waals surface area contributed by atoms with E-state index in [0.717, 1.165) is 11.1 Å². The number of carbonyl (C=O) groups excluding carboxylic acids is 1. The van der Waals surface area contributed by atoms with Crippen LogP contribution in [-0.2, 0) is 21.4 Å². The van der Waals surface area contributed by atoms with Crippen molar-refractivity contribution in [3.8, 4) is 11.4 Å². The lowest BCUT2D eigenvalue weighted by molar-refractivity contribution is -0.136. The van der Waals surface area contributed by atoms with Gasteiger partial charge in [0.25, 0.3) is 0 Å². The summed E-state index contributed by atoms with van der Waals surface area (Å²) in [7, 11) is -1.99. The molecule has 3 aromatic rings. The highest BCUT2D eigenvalue weighted by Crippen LogP contribution is 2.26. The van der Waals surface area contributed by atoms with Crippen molar-refractivity contribution in [3.05, 3.63) is 65.0 Å². The lowest BCUT2D eigenvalue weighted by Gasteiger charge is -2.33. The van der Waals surface area contributed by atoms with E-state index in [1.165, 1.54) is 9.21 Å². The molecule has 1 atom stereocenters. The summed E-state index contributed by atoms with van der Waals surface area (Å²) < 4.78 is 32.8. The van der Waals surface area contributed by atoms with Crippen LogP contribution in [0.25, 0.3) is 11.4 Å². The molecule has 10 heteroatoms. The summed E-state index contributed by atoms with van der Waals surface area (Å²) in [5.41, 5.74) is 1.75. The highest BCUT2D eigenvalue weighted by Gasteiger charge is 2.34. The fourth-order valence-electron chi connectivity index (χ4n) is 3.85. The van der Waals surface area contributed by atoms with E-state index in [1.54, 1.807) is 55.6 Å². The summed E-state index contributed by atoms with van der Waals surface area (Å²) in [5.74, 6) is 0.138. The Bertz CT molecular complexity index is 1230. The van der Waals surface area contributed by atoms with E-state index >= 15 is 0 Å². The van der Waals surface area contributed by atoms with Crippen molar-refractivity contribution in [2.24, 2.45) is 5.92 Å². The number of aryl methyl sites for hydroxylation is 1. The van der Waals surface area contributed by atoms with Crippen molar-refractivity contribution in [1.82, 2.24) is 19.3 Å². The zero-order valence-electron chi connectivity index (χ0n) is 18.4. The second-order valence-electron chi connectivity index (χ2n) is 8.23. The summed E-state index contributed by atoms with van der Waals surface area (Å²) in [4.78, 5) is 19.2. The van der Waals surface area contributed by atoms with E-state index in [1.807, 2.05) is 6.92 Å². The number of sulfonamides is 1. The third-order valence-electron chi connectivity index (χ3n) is 5.71. The molecule has 0 spiro atoms. The van der Waals surface area contributed by atoms with E-state index in [2.05, 4.69) is 10.1 Å². The fraction of sp³-hybridized carbons (Fsp3) is 0.348. The minimum Gasteiger partial charge on any atom is -0.337 e. The lowest BCUT2D eigenvalue weighted by Crippen LogP contribution is -2.45. The molecule has 1 saturated heterocycles. The van der Waals surface area contributed by atoms with Crippen LogP contribution in [0.3, 0.4) is 0 Å². The van der Waals surface area contributed by atoms with Crippen LogP contribution in [-0.4, -0.2) is 53.8 Å². The average molecular weight is 489 g/mol. The third-order valence-corrected chi connectivity index (χ3v) is 7.84. The normalized spacial score (nSPS) is 17.1. The molecule has 0 saturated carbocycles. The molecule has 8 nitrogen and oxygen atoms in total. The quantitative estimate of drug-likeness (QED) is 0.524. The number of hydrogen-bond acceptors (Lipinski definition) is 6. The van der Waals surface area contributed by atoms with Crippen molar-refractivity contribution in [2.45, 2.75) is 31.2 Å². The molecule has 1 aromatic heterocycles. The van der Waals surface area contributed by atoms with Crippen LogP contribution in [0, 0.1) is 12.8 Å². The minimum atomic E-state index is -3.65. The molecular formula is C23H25ClN4O4S. The molecule has 2 heterocycles. The summed E-state index contributed by atoms with van der Waals surface area (Å²) in [5, 5.41) is 4.58. The Hall–Kier alpha value is -2.75. The van der Waals surface area contributed by atoms with Crippen molar-refractivity contribution in [2.75, 3.05) is 20.1 Å². The molecule has 1 aliphatic heterocycles. The Morgan fingerprint density at radius 3 is 2.58 bits per heavy atom. The van der Waals surface area contributed by atoms with Gasteiger partial charge in [-0.3, -0.25) is 4.79 Å². The first-order valence-corrected chi connectivity index (χ1v) is 12.5. The Kier molecular flexibility index (Phi) is 6.83. The molecule has 0 N–H and O–H groups in total.